The van der Waals surface area contributed by atoms with Crippen molar-refractivity contribution in [1.29, 1.82) is 0 Å². The van der Waals surface area contributed by atoms with E-state index in [9.17, 15) is 5.11 Å². The predicted molar refractivity (Wildman–Crippen MR) is 114 cm³/mol. The molecule has 1 saturated heterocycles. The first-order valence-electron chi connectivity index (χ1n) is 10.3. The van der Waals surface area contributed by atoms with Gasteiger partial charge in [-0.15, -0.1) is 0 Å². The van der Waals surface area contributed by atoms with Crippen molar-refractivity contribution >= 4 is 16.8 Å². The van der Waals surface area contributed by atoms with E-state index in [-0.39, 0.29) is 6.10 Å². The van der Waals surface area contributed by atoms with E-state index in [0.29, 0.717) is 0 Å². The standard InChI is InChI=1S/C23H29N3O2/c1-3-25-11-13-26(14-12-25)23-22-20(10-15-28-22)21(16-24-23)19-8-6-18(7-9-19)5-4-17(2)27/h6-10,15-17,27H,3-5,11-14H2,1-2H3. The van der Waals surface area contributed by atoms with E-state index in [1.165, 1.54) is 5.56 Å². The Kier molecular flexibility index (Phi) is 5.64. The molecule has 3 aromatic rings. The number of benzene rings is 1. The summed E-state index contributed by atoms with van der Waals surface area (Å²) in [4.78, 5) is 9.59. The Bertz CT molecular complexity index is 909. The molecule has 1 fully saturated rings. The van der Waals surface area contributed by atoms with Crippen LogP contribution in [0.15, 0.2) is 47.2 Å². The van der Waals surface area contributed by atoms with Crippen molar-refractivity contribution in [1.82, 2.24) is 9.88 Å². The summed E-state index contributed by atoms with van der Waals surface area (Å²) in [5, 5.41) is 10.6. The van der Waals surface area contributed by atoms with E-state index in [2.05, 4.69) is 41.0 Å². The van der Waals surface area contributed by atoms with E-state index in [0.717, 1.165) is 73.5 Å². The number of likely N-dealkylation sites (N-methyl/N-ethyl adjacent to an activating group) is 1. The minimum absolute atomic E-state index is 0.263. The van der Waals surface area contributed by atoms with Crippen LogP contribution in [0.2, 0.25) is 0 Å². The highest BCUT2D eigenvalue weighted by Gasteiger charge is 2.21. The molecule has 0 radical (unpaired) electrons. The van der Waals surface area contributed by atoms with Crippen LogP contribution in [0.25, 0.3) is 22.1 Å². The summed E-state index contributed by atoms with van der Waals surface area (Å²) in [5.41, 5.74) is 4.36. The Hall–Kier alpha value is -2.37. The van der Waals surface area contributed by atoms with Crippen molar-refractivity contribution in [3.8, 4) is 11.1 Å². The Morgan fingerprint density at radius 1 is 1.11 bits per heavy atom. The molecule has 1 N–H and O–H groups in total. The second-order valence-corrected chi connectivity index (χ2v) is 7.66. The van der Waals surface area contributed by atoms with Crippen LogP contribution in [-0.4, -0.2) is 53.8 Å². The van der Waals surface area contributed by atoms with Gasteiger partial charge in [-0.25, -0.2) is 4.98 Å². The lowest BCUT2D eigenvalue weighted by Crippen LogP contribution is -2.46. The highest BCUT2D eigenvalue weighted by molar-refractivity contribution is 5.98. The van der Waals surface area contributed by atoms with E-state index in [1.54, 1.807) is 6.26 Å². The van der Waals surface area contributed by atoms with Crippen molar-refractivity contribution in [3.63, 3.8) is 0 Å². The van der Waals surface area contributed by atoms with E-state index in [1.807, 2.05) is 19.2 Å². The number of aliphatic hydroxyl groups excluding tert-OH is 1. The lowest BCUT2D eigenvalue weighted by molar-refractivity contribution is 0.185. The molecule has 1 atom stereocenters. The number of piperazine rings is 1. The Morgan fingerprint density at radius 2 is 1.86 bits per heavy atom. The molecule has 28 heavy (non-hydrogen) atoms. The number of furan rings is 1. The van der Waals surface area contributed by atoms with Crippen molar-refractivity contribution in [2.75, 3.05) is 37.6 Å². The van der Waals surface area contributed by atoms with Gasteiger partial charge in [0.05, 0.1) is 12.4 Å². The number of fused-ring (bicyclic) bond motifs is 1. The number of anilines is 1. The zero-order valence-electron chi connectivity index (χ0n) is 16.8. The van der Waals surface area contributed by atoms with Gasteiger partial charge in [-0.2, -0.15) is 0 Å². The molecule has 4 rings (SSSR count). The van der Waals surface area contributed by atoms with Gasteiger partial charge in [-0.3, -0.25) is 0 Å². The summed E-state index contributed by atoms with van der Waals surface area (Å²) < 4.78 is 5.86. The van der Waals surface area contributed by atoms with Gasteiger partial charge in [0.2, 0.25) is 0 Å². The molecular formula is C23H29N3O2. The topological polar surface area (TPSA) is 52.7 Å². The molecule has 1 aromatic carbocycles. The van der Waals surface area contributed by atoms with Crippen LogP contribution < -0.4 is 4.90 Å². The summed E-state index contributed by atoms with van der Waals surface area (Å²) in [6.45, 7) is 9.24. The summed E-state index contributed by atoms with van der Waals surface area (Å²) in [5.74, 6) is 0.952. The molecular weight excluding hydrogens is 350 g/mol. The minimum atomic E-state index is -0.263. The number of aryl methyl sites for hydroxylation is 1. The number of aromatic nitrogens is 1. The van der Waals surface area contributed by atoms with Crippen molar-refractivity contribution in [2.24, 2.45) is 0 Å². The predicted octanol–water partition coefficient (Wildman–Crippen LogP) is 3.95. The fraction of sp³-hybridized carbons (Fsp3) is 0.435. The zero-order chi connectivity index (χ0) is 19.5. The minimum Gasteiger partial charge on any atom is -0.460 e. The van der Waals surface area contributed by atoms with Crippen LogP contribution in [0.1, 0.15) is 25.8 Å². The van der Waals surface area contributed by atoms with E-state index >= 15 is 0 Å². The van der Waals surface area contributed by atoms with Crippen molar-refractivity contribution in [2.45, 2.75) is 32.8 Å². The third-order valence-corrected chi connectivity index (χ3v) is 5.71. The summed E-state index contributed by atoms with van der Waals surface area (Å²) in [6.07, 6.45) is 5.15. The third kappa shape index (κ3) is 3.91. The molecule has 1 aliphatic heterocycles. The second kappa shape index (κ2) is 8.33. The Morgan fingerprint density at radius 3 is 2.54 bits per heavy atom. The van der Waals surface area contributed by atoms with Gasteiger partial charge in [0, 0.05) is 43.3 Å². The summed E-state index contributed by atoms with van der Waals surface area (Å²) in [6, 6.07) is 10.6. The van der Waals surface area contributed by atoms with Gasteiger partial charge in [0.15, 0.2) is 11.4 Å². The number of aliphatic hydroxyl groups is 1. The first kappa shape index (κ1) is 19.0. The fourth-order valence-corrected chi connectivity index (χ4v) is 3.91. The number of rotatable bonds is 6. The van der Waals surface area contributed by atoms with Gasteiger partial charge in [-0.1, -0.05) is 31.2 Å². The molecule has 148 valence electrons. The first-order chi connectivity index (χ1) is 13.7. The Balaban J connectivity index is 1.59. The molecule has 0 aliphatic carbocycles. The van der Waals surface area contributed by atoms with Crippen molar-refractivity contribution in [3.05, 3.63) is 48.4 Å². The molecule has 3 heterocycles. The number of hydrogen-bond donors (Lipinski definition) is 1. The highest BCUT2D eigenvalue weighted by Crippen LogP contribution is 2.34. The van der Waals surface area contributed by atoms with Crippen LogP contribution in [0.3, 0.4) is 0 Å². The maximum Gasteiger partial charge on any atom is 0.176 e. The fourth-order valence-electron chi connectivity index (χ4n) is 3.91. The lowest BCUT2D eigenvalue weighted by atomic mass is 10.0. The summed E-state index contributed by atoms with van der Waals surface area (Å²) >= 11 is 0. The Labute approximate surface area is 166 Å². The van der Waals surface area contributed by atoms with Crippen LogP contribution in [0.5, 0.6) is 0 Å². The van der Waals surface area contributed by atoms with E-state index < -0.39 is 0 Å². The van der Waals surface area contributed by atoms with Gasteiger partial charge in [-0.05, 0) is 43.5 Å². The van der Waals surface area contributed by atoms with Crippen LogP contribution in [0, 0.1) is 0 Å². The van der Waals surface area contributed by atoms with Gasteiger partial charge in [0.25, 0.3) is 0 Å². The normalized spacial score (nSPS) is 16.6. The lowest BCUT2D eigenvalue weighted by Gasteiger charge is -2.34. The molecule has 0 amide bonds. The molecule has 0 bridgehead atoms. The number of pyridine rings is 1. The monoisotopic (exact) mass is 379 g/mol. The van der Waals surface area contributed by atoms with Gasteiger partial charge in [0.1, 0.15) is 0 Å². The number of nitrogens with zero attached hydrogens (tertiary/aromatic N) is 3. The van der Waals surface area contributed by atoms with Crippen LogP contribution in [0.4, 0.5) is 5.82 Å². The van der Waals surface area contributed by atoms with Crippen LogP contribution in [-0.2, 0) is 6.42 Å². The van der Waals surface area contributed by atoms with E-state index in [4.69, 9.17) is 9.40 Å². The van der Waals surface area contributed by atoms with Crippen molar-refractivity contribution < 1.29 is 9.52 Å². The van der Waals surface area contributed by atoms with Gasteiger partial charge < -0.3 is 19.3 Å². The molecule has 2 aromatic heterocycles. The molecule has 1 unspecified atom stereocenters. The number of hydrogen-bond acceptors (Lipinski definition) is 5. The SMILES string of the molecule is CCN1CCN(c2ncc(-c3ccc(CCC(C)O)cc3)c3ccoc23)CC1. The summed E-state index contributed by atoms with van der Waals surface area (Å²) in [7, 11) is 0. The first-order valence-corrected chi connectivity index (χ1v) is 10.3. The smallest absolute Gasteiger partial charge is 0.176 e. The third-order valence-electron chi connectivity index (χ3n) is 5.71. The average molecular weight is 380 g/mol. The molecule has 0 spiro atoms. The zero-order valence-corrected chi connectivity index (χ0v) is 16.8. The van der Waals surface area contributed by atoms with Crippen LogP contribution >= 0.6 is 0 Å². The average Bonchev–Trinajstić information content (AvgIpc) is 3.22. The maximum atomic E-state index is 9.48. The molecule has 0 saturated carbocycles. The largest absolute Gasteiger partial charge is 0.460 e. The molecule has 1 aliphatic rings. The second-order valence-electron chi connectivity index (χ2n) is 7.66. The quantitative estimate of drug-likeness (QED) is 0.703. The van der Waals surface area contributed by atoms with Gasteiger partial charge >= 0.3 is 0 Å². The highest BCUT2D eigenvalue weighted by atomic mass is 16.3. The molecule has 5 nitrogen and oxygen atoms in total. The molecule has 5 heteroatoms. The maximum absolute atomic E-state index is 9.48.